The zero-order valence-electron chi connectivity index (χ0n) is 17.5. The fourth-order valence-corrected chi connectivity index (χ4v) is 3.32. The van der Waals surface area contributed by atoms with E-state index in [-0.39, 0.29) is 18.0 Å². The van der Waals surface area contributed by atoms with Crippen LogP contribution in [0.15, 0.2) is 71.8 Å². The summed E-state index contributed by atoms with van der Waals surface area (Å²) in [4.78, 5) is 25.1. The molecule has 1 amide bonds. The quantitative estimate of drug-likeness (QED) is 0.489. The van der Waals surface area contributed by atoms with Crippen molar-refractivity contribution in [3.63, 3.8) is 0 Å². The van der Waals surface area contributed by atoms with Crippen LogP contribution in [-0.4, -0.2) is 33.2 Å². The summed E-state index contributed by atoms with van der Waals surface area (Å²) in [5, 5.41) is 16.1. The Morgan fingerprint density at radius 1 is 1.12 bits per heavy atom. The van der Waals surface area contributed by atoms with Gasteiger partial charge in [0.2, 0.25) is 0 Å². The van der Waals surface area contributed by atoms with Crippen LogP contribution in [0.25, 0.3) is 16.8 Å². The second-order valence-corrected chi connectivity index (χ2v) is 7.06. The van der Waals surface area contributed by atoms with Crippen molar-refractivity contribution < 1.29 is 9.53 Å². The smallest absolute Gasteiger partial charge is 0.276 e. The van der Waals surface area contributed by atoms with Gasteiger partial charge in [-0.3, -0.25) is 9.59 Å². The first kappa shape index (κ1) is 20.9. The third kappa shape index (κ3) is 4.37. The van der Waals surface area contributed by atoms with Gasteiger partial charge in [0.05, 0.1) is 23.9 Å². The normalized spacial score (nSPS) is 10.6. The molecule has 0 aliphatic rings. The fourth-order valence-electron chi connectivity index (χ4n) is 3.32. The number of amides is 1. The Labute approximate surface area is 184 Å². The lowest BCUT2D eigenvalue weighted by Crippen LogP contribution is -2.31. The summed E-state index contributed by atoms with van der Waals surface area (Å²) in [5.41, 5.74) is 2.80. The third-order valence-corrected chi connectivity index (χ3v) is 4.98. The van der Waals surface area contributed by atoms with E-state index in [0.717, 1.165) is 11.3 Å². The molecule has 0 saturated carbocycles. The van der Waals surface area contributed by atoms with E-state index in [2.05, 4.69) is 10.4 Å². The molecule has 0 unspecified atom stereocenters. The predicted octanol–water partition coefficient (Wildman–Crippen LogP) is 2.86. The zero-order valence-corrected chi connectivity index (χ0v) is 17.5. The Morgan fingerprint density at radius 2 is 1.88 bits per heavy atom. The van der Waals surface area contributed by atoms with Crippen molar-refractivity contribution in [1.29, 1.82) is 5.26 Å². The van der Waals surface area contributed by atoms with Gasteiger partial charge in [-0.25, -0.2) is 4.52 Å². The second-order valence-electron chi connectivity index (χ2n) is 7.06. The molecular weight excluding hydrogens is 406 g/mol. The maximum Gasteiger partial charge on any atom is 0.276 e. The number of hydrogen-bond donors (Lipinski definition) is 1. The highest BCUT2D eigenvalue weighted by molar-refractivity contribution is 5.94. The average molecular weight is 427 g/mol. The van der Waals surface area contributed by atoms with E-state index >= 15 is 0 Å². The van der Waals surface area contributed by atoms with Crippen molar-refractivity contribution in [1.82, 2.24) is 19.5 Å². The van der Waals surface area contributed by atoms with E-state index in [4.69, 9.17) is 10.00 Å². The summed E-state index contributed by atoms with van der Waals surface area (Å²) in [6.07, 6.45) is 3.37. The summed E-state index contributed by atoms with van der Waals surface area (Å²) in [7, 11) is 0. The molecule has 0 saturated heterocycles. The topological polar surface area (TPSA) is 101 Å². The summed E-state index contributed by atoms with van der Waals surface area (Å²) in [6.45, 7) is 3.14. The molecule has 1 N–H and O–H groups in total. The van der Waals surface area contributed by atoms with E-state index in [9.17, 15) is 9.59 Å². The molecular formula is C24H21N5O3. The van der Waals surface area contributed by atoms with Crippen LogP contribution in [-0.2, 0) is 6.54 Å². The highest BCUT2D eigenvalue weighted by Gasteiger charge is 2.10. The number of nitriles is 1. The molecule has 0 bridgehead atoms. The van der Waals surface area contributed by atoms with Gasteiger partial charge in [0.15, 0.2) is 0 Å². The first-order chi connectivity index (χ1) is 15.6. The number of aromatic nitrogens is 3. The van der Waals surface area contributed by atoms with Crippen LogP contribution < -0.4 is 15.6 Å². The number of fused-ring (bicyclic) bond motifs is 1. The van der Waals surface area contributed by atoms with Crippen LogP contribution in [0.3, 0.4) is 0 Å². The number of nitrogens with zero attached hydrogens (tertiary/aromatic N) is 4. The van der Waals surface area contributed by atoms with Crippen LogP contribution >= 0.6 is 0 Å². The number of carbonyl (C=O) groups is 1. The molecule has 2 aromatic heterocycles. The lowest BCUT2D eigenvalue weighted by molar-refractivity contribution is 0.0952. The molecule has 0 spiro atoms. The maximum absolute atomic E-state index is 12.9. The number of carbonyl (C=O) groups excluding carboxylic acids is 1. The van der Waals surface area contributed by atoms with Gasteiger partial charge in [-0.15, -0.1) is 0 Å². The molecule has 0 atom stereocenters. The SMILES string of the molecule is CCOc1ccc(-c2cc3c(=O)n(CCNC(=O)c4ccc(C#N)cc4)ccn3n2)cc1. The van der Waals surface area contributed by atoms with Crippen molar-refractivity contribution in [2.75, 3.05) is 13.2 Å². The van der Waals surface area contributed by atoms with E-state index in [1.54, 1.807) is 47.2 Å². The summed E-state index contributed by atoms with van der Waals surface area (Å²) in [6, 6.07) is 17.7. The summed E-state index contributed by atoms with van der Waals surface area (Å²) < 4.78 is 8.56. The number of nitrogens with one attached hydrogen (secondary N) is 1. The number of hydrogen-bond acceptors (Lipinski definition) is 5. The monoisotopic (exact) mass is 427 g/mol. The first-order valence-corrected chi connectivity index (χ1v) is 10.2. The minimum absolute atomic E-state index is 0.190. The van der Waals surface area contributed by atoms with Gasteiger partial charge >= 0.3 is 0 Å². The first-order valence-electron chi connectivity index (χ1n) is 10.2. The van der Waals surface area contributed by atoms with Crippen molar-refractivity contribution >= 4 is 11.4 Å². The Morgan fingerprint density at radius 3 is 2.56 bits per heavy atom. The molecule has 2 aromatic carbocycles. The van der Waals surface area contributed by atoms with Gasteiger partial charge in [0.25, 0.3) is 11.5 Å². The third-order valence-electron chi connectivity index (χ3n) is 4.98. The Kier molecular flexibility index (Phi) is 5.99. The molecule has 0 fully saturated rings. The maximum atomic E-state index is 12.9. The predicted molar refractivity (Wildman–Crippen MR) is 120 cm³/mol. The van der Waals surface area contributed by atoms with Crippen molar-refractivity contribution in [3.05, 3.63) is 88.5 Å². The second kappa shape index (κ2) is 9.18. The van der Waals surface area contributed by atoms with E-state index < -0.39 is 0 Å². The van der Waals surface area contributed by atoms with Crippen LogP contribution in [0, 0.1) is 11.3 Å². The highest BCUT2D eigenvalue weighted by Crippen LogP contribution is 2.21. The molecule has 8 nitrogen and oxygen atoms in total. The Balaban J connectivity index is 1.45. The van der Waals surface area contributed by atoms with Gasteiger partial charge in [-0.05, 0) is 61.5 Å². The van der Waals surface area contributed by atoms with E-state index in [0.29, 0.717) is 35.5 Å². The molecule has 32 heavy (non-hydrogen) atoms. The van der Waals surface area contributed by atoms with Crippen molar-refractivity contribution in [2.24, 2.45) is 0 Å². The largest absolute Gasteiger partial charge is 0.494 e. The fraction of sp³-hybridized carbons (Fsp3) is 0.167. The molecule has 0 radical (unpaired) electrons. The van der Waals surface area contributed by atoms with Gasteiger partial charge < -0.3 is 14.6 Å². The van der Waals surface area contributed by atoms with Gasteiger partial charge in [-0.2, -0.15) is 10.4 Å². The lowest BCUT2D eigenvalue weighted by Gasteiger charge is -2.08. The Hall–Kier alpha value is -4.38. The highest BCUT2D eigenvalue weighted by atomic mass is 16.5. The summed E-state index contributed by atoms with van der Waals surface area (Å²) >= 11 is 0. The molecule has 4 rings (SSSR count). The standard InChI is InChI=1S/C24H21N5O3/c1-2-32-20-9-7-18(8-10-20)21-15-22-24(31)28(13-14-29(22)27-21)12-11-26-23(30)19-5-3-17(16-25)4-6-19/h3-10,13-15H,2,11-12H2,1H3,(H,26,30). The van der Waals surface area contributed by atoms with E-state index in [1.807, 2.05) is 37.3 Å². The van der Waals surface area contributed by atoms with Crippen molar-refractivity contribution in [3.8, 4) is 23.1 Å². The van der Waals surface area contributed by atoms with Crippen LogP contribution in [0.5, 0.6) is 5.75 Å². The summed E-state index contributed by atoms with van der Waals surface area (Å²) in [5.74, 6) is 0.524. The zero-order chi connectivity index (χ0) is 22.5. The van der Waals surface area contributed by atoms with E-state index in [1.165, 1.54) is 4.57 Å². The van der Waals surface area contributed by atoms with Gasteiger partial charge in [0, 0.05) is 36.6 Å². The molecule has 4 aromatic rings. The Bertz CT molecular complexity index is 1350. The lowest BCUT2D eigenvalue weighted by atomic mass is 10.1. The molecule has 8 heteroatoms. The molecule has 0 aliphatic carbocycles. The minimum atomic E-state index is -0.259. The van der Waals surface area contributed by atoms with Gasteiger partial charge in [-0.1, -0.05) is 0 Å². The number of rotatable bonds is 7. The average Bonchev–Trinajstić information content (AvgIpc) is 3.26. The van der Waals surface area contributed by atoms with Gasteiger partial charge in [0.1, 0.15) is 11.3 Å². The van der Waals surface area contributed by atoms with Crippen LogP contribution in [0.1, 0.15) is 22.8 Å². The number of benzene rings is 2. The van der Waals surface area contributed by atoms with Crippen molar-refractivity contribution in [2.45, 2.75) is 13.5 Å². The molecule has 2 heterocycles. The van der Waals surface area contributed by atoms with Crippen LogP contribution in [0.2, 0.25) is 0 Å². The minimum Gasteiger partial charge on any atom is -0.494 e. The molecule has 0 aliphatic heterocycles. The van der Waals surface area contributed by atoms with Crippen LogP contribution in [0.4, 0.5) is 0 Å². The number of ether oxygens (including phenoxy) is 1. The molecule has 160 valence electrons.